The molecule has 0 bridgehead atoms. The normalized spacial score (nSPS) is 8.74. The summed E-state index contributed by atoms with van der Waals surface area (Å²) in [6.07, 6.45) is 2.83. The van der Waals surface area contributed by atoms with Crippen LogP contribution in [0.1, 0.15) is 34.6 Å². The molecule has 0 aromatic carbocycles. The first-order chi connectivity index (χ1) is 12.9. The zero-order valence-electron chi connectivity index (χ0n) is 14.5. The van der Waals surface area contributed by atoms with Crippen LogP contribution in [0.25, 0.3) is 0 Å². The van der Waals surface area contributed by atoms with Crippen LogP contribution in [-0.2, 0) is 34.7 Å². The molecule has 2 aromatic rings. The van der Waals surface area contributed by atoms with Crippen molar-refractivity contribution < 1.29 is 19.1 Å². The van der Waals surface area contributed by atoms with Crippen molar-refractivity contribution in [2.45, 2.75) is 23.9 Å². The van der Waals surface area contributed by atoms with Gasteiger partial charge in [0.05, 0.1) is 24.3 Å². The number of esters is 2. The van der Waals surface area contributed by atoms with Gasteiger partial charge in [0.2, 0.25) is 0 Å². The Balaban J connectivity index is 0.000000438. The topological polar surface area (TPSA) is 78.4 Å². The molecule has 0 aliphatic rings. The standard InChI is InChI=1S/2C8H9NO2S.2BrH.Sn/c2*1-2-11-8(10)6-3-4-7(12)9-5-6;;;/h2*3-5H,2H2,1H3,(H,9,12);2*1H;/q;;;;+4/p-4. The molecule has 0 amide bonds. The molecule has 0 spiro atoms. The summed E-state index contributed by atoms with van der Waals surface area (Å²) < 4.78 is 9.51. The zero-order valence-corrected chi connectivity index (χ0v) is 22.1. The molecule has 6 nitrogen and oxygen atoms in total. The number of rotatable bonds is 4. The molecule has 27 heavy (non-hydrogen) atoms. The average molecular weight is 643 g/mol. The van der Waals surface area contributed by atoms with E-state index in [0.717, 1.165) is 0 Å². The van der Waals surface area contributed by atoms with Crippen LogP contribution in [0.4, 0.5) is 0 Å². The molecule has 0 atom stereocenters. The van der Waals surface area contributed by atoms with Gasteiger partial charge in [-0.3, -0.25) is 9.97 Å². The number of hydrogen-bond acceptors (Lipinski definition) is 8. The minimum atomic E-state index is -0.361. The van der Waals surface area contributed by atoms with Crippen LogP contribution in [0, 0.1) is 0 Å². The van der Waals surface area contributed by atoms with Gasteiger partial charge in [0.15, 0.2) is 0 Å². The molecular weight excluding hydrogens is 627 g/mol. The van der Waals surface area contributed by atoms with Crippen molar-refractivity contribution in [1.82, 2.24) is 9.97 Å². The molecule has 0 unspecified atom stereocenters. The van der Waals surface area contributed by atoms with Gasteiger partial charge >= 0.3 is 54.0 Å². The van der Waals surface area contributed by atoms with E-state index in [-0.39, 0.29) is 28.6 Å². The monoisotopic (exact) mass is 642 g/mol. The third-order valence-electron chi connectivity index (χ3n) is 2.49. The molecule has 0 fully saturated rings. The summed E-state index contributed by atoms with van der Waals surface area (Å²) in [6.45, 7) is 4.25. The van der Waals surface area contributed by atoms with Crippen LogP contribution in [0.5, 0.6) is 0 Å². The van der Waals surface area contributed by atoms with Gasteiger partial charge in [-0.25, -0.2) is 9.59 Å². The average Bonchev–Trinajstić information content (AvgIpc) is 2.64. The fourth-order valence-electron chi connectivity index (χ4n) is 1.43. The number of hydrogen-bond donors (Lipinski definition) is 0. The van der Waals surface area contributed by atoms with Gasteiger partial charge in [0.1, 0.15) is 0 Å². The Morgan fingerprint density at radius 3 is 1.44 bits per heavy atom. The summed E-state index contributed by atoms with van der Waals surface area (Å²) in [5, 5.41) is 0.950. The van der Waals surface area contributed by atoms with E-state index in [0.29, 0.717) is 34.4 Å². The van der Waals surface area contributed by atoms with Crippen molar-refractivity contribution in [2.24, 2.45) is 0 Å². The van der Waals surface area contributed by atoms with E-state index in [4.69, 9.17) is 34.7 Å². The van der Waals surface area contributed by atoms with Crippen molar-refractivity contribution in [2.75, 3.05) is 13.2 Å². The predicted molar refractivity (Wildman–Crippen MR) is 115 cm³/mol. The Morgan fingerprint density at radius 2 is 1.22 bits per heavy atom. The first-order valence-electron chi connectivity index (χ1n) is 7.46. The minimum absolute atomic E-state index is 0.145. The van der Waals surface area contributed by atoms with E-state index >= 15 is 0 Å². The number of aromatic nitrogens is 2. The summed E-state index contributed by atoms with van der Waals surface area (Å²) in [6, 6.07) is 6.41. The van der Waals surface area contributed by atoms with Crippen molar-refractivity contribution in [3.05, 3.63) is 47.8 Å². The molecule has 0 N–H and O–H groups in total. The van der Waals surface area contributed by atoms with E-state index in [1.165, 1.54) is 12.4 Å². The molecule has 2 rings (SSSR count). The van der Waals surface area contributed by atoms with Gasteiger partial charge in [-0.05, 0) is 26.0 Å². The SMILES string of the molecule is CCOC(=O)c1ccc([S-])nc1.CCOC(=O)c1ccc([S-])nc1.[Br][Sn+2][Br]. The third-order valence-corrected chi connectivity index (χ3v) is 2.98. The van der Waals surface area contributed by atoms with Gasteiger partial charge < -0.3 is 34.7 Å². The number of carbonyl (C=O) groups is 2. The number of halogens is 2. The van der Waals surface area contributed by atoms with Crippen molar-refractivity contribution in [3.63, 3.8) is 0 Å². The number of nitrogens with zero attached hydrogens (tertiary/aromatic N) is 2. The van der Waals surface area contributed by atoms with Crippen LogP contribution in [0.3, 0.4) is 0 Å². The van der Waals surface area contributed by atoms with E-state index in [2.05, 4.69) is 35.4 Å². The Hall–Kier alpha value is -0.561. The molecule has 0 saturated heterocycles. The Bertz CT molecular complexity index is 632. The molecule has 0 aliphatic heterocycles. The van der Waals surface area contributed by atoms with E-state index in [9.17, 15) is 9.59 Å². The van der Waals surface area contributed by atoms with E-state index in [1.807, 2.05) is 0 Å². The second kappa shape index (κ2) is 16.4. The van der Waals surface area contributed by atoms with E-state index < -0.39 is 0 Å². The summed E-state index contributed by atoms with van der Waals surface area (Å²) in [5.41, 5.74) is 0.871. The predicted octanol–water partition coefficient (Wildman–Crippen LogP) is 3.64. The Kier molecular flexibility index (Phi) is 16.1. The van der Waals surface area contributed by atoms with Crippen LogP contribution >= 0.6 is 25.4 Å². The number of pyridine rings is 2. The first-order valence-corrected chi connectivity index (χ1v) is 21.1. The van der Waals surface area contributed by atoms with Crippen LogP contribution in [0.15, 0.2) is 46.7 Å². The first kappa shape index (κ1) is 26.4. The molecule has 2 heterocycles. The molecule has 0 radical (unpaired) electrons. The van der Waals surface area contributed by atoms with Crippen LogP contribution < -0.4 is 0 Å². The molecule has 0 saturated carbocycles. The summed E-state index contributed by atoms with van der Waals surface area (Å²) in [7, 11) is 0. The molecule has 11 heteroatoms. The summed E-state index contributed by atoms with van der Waals surface area (Å²) in [5.74, 6) is -0.722. The van der Waals surface area contributed by atoms with Crippen molar-refractivity contribution >= 4 is 79.3 Å². The molecule has 2 aromatic heterocycles. The van der Waals surface area contributed by atoms with E-state index in [1.54, 1.807) is 38.1 Å². The maximum absolute atomic E-state index is 11.1. The summed E-state index contributed by atoms with van der Waals surface area (Å²) in [4.78, 5) is 29.7. The zero-order chi connectivity index (χ0) is 20.7. The van der Waals surface area contributed by atoms with Crippen molar-refractivity contribution in [1.29, 1.82) is 0 Å². The maximum atomic E-state index is 11.1. The van der Waals surface area contributed by atoms with Gasteiger partial charge in [0, 0.05) is 12.4 Å². The Labute approximate surface area is 191 Å². The van der Waals surface area contributed by atoms with Crippen molar-refractivity contribution in [3.8, 4) is 0 Å². The second-order valence-electron chi connectivity index (χ2n) is 4.28. The van der Waals surface area contributed by atoms with Gasteiger partial charge in [-0.15, -0.1) is 0 Å². The quantitative estimate of drug-likeness (QED) is 0.284. The van der Waals surface area contributed by atoms with Crippen LogP contribution in [0.2, 0.25) is 0 Å². The Morgan fingerprint density at radius 1 is 0.889 bits per heavy atom. The number of carbonyl (C=O) groups excluding carboxylic acids is 2. The van der Waals surface area contributed by atoms with Gasteiger partial charge in [-0.1, -0.05) is 22.2 Å². The number of ether oxygens (including phenoxy) is 2. The second-order valence-corrected chi connectivity index (χ2v) is 18.0. The molecule has 144 valence electrons. The summed E-state index contributed by atoms with van der Waals surface area (Å²) >= 11 is 15.8. The molecule has 0 aliphatic carbocycles. The van der Waals surface area contributed by atoms with Gasteiger partial charge in [-0.2, -0.15) is 0 Å². The fourth-order valence-corrected chi connectivity index (χ4v) is 1.67. The third kappa shape index (κ3) is 12.5. The van der Waals surface area contributed by atoms with Crippen LogP contribution in [-0.4, -0.2) is 51.8 Å². The van der Waals surface area contributed by atoms with Gasteiger partial charge in [0.25, 0.3) is 0 Å². The fraction of sp³-hybridized carbons (Fsp3) is 0.250. The molecular formula is C16H16Br2N2O4S2Sn.